The van der Waals surface area contributed by atoms with Crippen molar-refractivity contribution in [3.8, 4) is 0 Å². The molecule has 4 nitrogen and oxygen atoms in total. The maximum absolute atomic E-state index is 13.0. The first-order chi connectivity index (χ1) is 17.1. The summed E-state index contributed by atoms with van der Waals surface area (Å²) in [4.78, 5) is 17.6. The third-order valence-corrected chi connectivity index (χ3v) is 13.0. The molecule has 206 valence electrons. The van der Waals surface area contributed by atoms with Crippen LogP contribution in [0.15, 0.2) is 0 Å². The largest absolute Gasteiger partial charge is 0.340 e. The summed E-state index contributed by atoms with van der Waals surface area (Å²) in [7, 11) is 0. The number of amides is 1. The highest BCUT2D eigenvalue weighted by atomic mass is 16.2. The Bertz CT molecular complexity index is 788. The Morgan fingerprint density at radius 2 is 1.64 bits per heavy atom. The summed E-state index contributed by atoms with van der Waals surface area (Å²) in [6.45, 7) is 21.4. The minimum atomic E-state index is 0.277. The molecule has 3 aliphatic carbocycles. The number of nitrogens with zero attached hydrogens (tertiary/aromatic N) is 2. The minimum Gasteiger partial charge on any atom is -0.340 e. The lowest BCUT2D eigenvalue weighted by Gasteiger charge is -2.61. The molecule has 5 fully saturated rings. The van der Waals surface area contributed by atoms with Gasteiger partial charge in [0.05, 0.1) is 0 Å². The Hall–Kier alpha value is -0.610. The van der Waals surface area contributed by atoms with Crippen LogP contribution in [0.4, 0.5) is 0 Å². The number of piperazine rings is 1. The molecule has 0 bridgehead atoms. The van der Waals surface area contributed by atoms with Crippen molar-refractivity contribution in [1.82, 2.24) is 15.1 Å². The van der Waals surface area contributed by atoms with Crippen molar-refractivity contribution >= 4 is 5.91 Å². The van der Waals surface area contributed by atoms with Crippen LogP contribution in [0, 0.1) is 46.3 Å². The van der Waals surface area contributed by atoms with Gasteiger partial charge in [-0.2, -0.15) is 0 Å². The van der Waals surface area contributed by atoms with Crippen molar-refractivity contribution in [1.29, 1.82) is 0 Å². The molecular weight excluding hydrogens is 442 g/mol. The first kappa shape index (κ1) is 27.0. The fourth-order valence-corrected chi connectivity index (χ4v) is 11.0. The van der Waals surface area contributed by atoms with E-state index in [4.69, 9.17) is 0 Å². The Kier molecular flexibility index (Phi) is 7.62. The summed E-state index contributed by atoms with van der Waals surface area (Å²) in [5, 5.41) is 3.94. The molecule has 8 atom stereocenters. The first-order valence-corrected chi connectivity index (χ1v) is 15.9. The highest BCUT2D eigenvalue weighted by molar-refractivity contribution is 5.76. The zero-order valence-electron chi connectivity index (χ0n) is 24.6. The molecule has 3 saturated carbocycles. The third kappa shape index (κ3) is 4.59. The number of rotatable bonds is 5. The van der Waals surface area contributed by atoms with Gasteiger partial charge in [-0.15, -0.1) is 0 Å². The molecule has 2 saturated heterocycles. The SMILES string of the molecule is CCN1CCN(C(=O)CC[C@@H](C)[C@H]2CC[C@H]3[C@@H]4CC[C@@H]5C(C)(C)NCCC[C@]5(C)[C@H]4CC[C@]23C)CC1. The second-order valence-corrected chi connectivity index (χ2v) is 14.8. The van der Waals surface area contributed by atoms with E-state index in [0.29, 0.717) is 22.7 Å². The van der Waals surface area contributed by atoms with Crippen molar-refractivity contribution in [2.75, 3.05) is 39.3 Å². The average molecular weight is 500 g/mol. The van der Waals surface area contributed by atoms with Crippen molar-refractivity contribution < 1.29 is 4.79 Å². The molecule has 2 aliphatic heterocycles. The number of nitrogens with one attached hydrogen (secondary N) is 1. The molecule has 2 heterocycles. The van der Waals surface area contributed by atoms with Crippen molar-refractivity contribution in [2.45, 2.75) is 111 Å². The molecule has 1 amide bonds. The smallest absolute Gasteiger partial charge is 0.222 e. The van der Waals surface area contributed by atoms with E-state index in [1.807, 2.05) is 0 Å². The topological polar surface area (TPSA) is 35.6 Å². The van der Waals surface area contributed by atoms with Crippen LogP contribution in [-0.2, 0) is 4.79 Å². The molecule has 5 aliphatic rings. The van der Waals surface area contributed by atoms with Gasteiger partial charge in [-0.25, -0.2) is 0 Å². The van der Waals surface area contributed by atoms with Crippen molar-refractivity contribution in [3.63, 3.8) is 0 Å². The predicted molar refractivity (Wildman–Crippen MR) is 150 cm³/mol. The number of carbonyl (C=O) groups excluding carboxylic acids is 1. The molecule has 0 aromatic rings. The van der Waals surface area contributed by atoms with E-state index in [0.717, 1.165) is 75.2 Å². The van der Waals surface area contributed by atoms with Crippen LogP contribution in [0.1, 0.15) is 106 Å². The average Bonchev–Trinajstić information content (AvgIpc) is 3.16. The number of hydrogen-bond donors (Lipinski definition) is 1. The van der Waals surface area contributed by atoms with Gasteiger partial charge < -0.3 is 15.1 Å². The van der Waals surface area contributed by atoms with E-state index in [9.17, 15) is 4.79 Å². The van der Waals surface area contributed by atoms with Crippen LogP contribution in [0.3, 0.4) is 0 Å². The molecular formula is C32H57N3O. The molecule has 4 heteroatoms. The normalized spacial score (nSPS) is 43.7. The Labute approximate surface area is 222 Å². The zero-order chi connectivity index (χ0) is 25.7. The van der Waals surface area contributed by atoms with Gasteiger partial charge in [0, 0.05) is 38.1 Å². The lowest BCUT2D eigenvalue weighted by Crippen LogP contribution is -2.58. The van der Waals surface area contributed by atoms with Crippen LogP contribution in [0.25, 0.3) is 0 Å². The molecule has 0 radical (unpaired) electrons. The summed E-state index contributed by atoms with van der Waals surface area (Å²) in [5.41, 5.74) is 1.28. The predicted octanol–water partition coefficient (Wildman–Crippen LogP) is 6.20. The lowest BCUT2D eigenvalue weighted by molar-refractivity contribution is -0.133. The minimum absolute atomic E-state index is 0.277. The van der Waals surface area contributed by atoms with E-state index in [1.54, 1.807) is 0 Å². The number of carbonyl (C=O) groups is 1. The molecule has 5 rings (SSSR count). The summed E-state index contributed by atoms with van der Waals surface area (Å²) < 4.78 is 0. The highest BCUT2D eigenvalue weighted by Crippen LogP contribution is 2.68. The van der Waals surface area contributed by atoms with E-state index < -0.39 is 0 Å². The van der Waals surface area contributed by atoms with Crippen LogP contribution >= 0.6 is 0 Å². The van der Waals surface area contributed by atoms with Gasteiger partial charge in [0.2, 0.25) is 5.91 Å². The summed E-state index contributed by atoms with van der Waals surface area (Å²) in [6.07, 6.45) is 13.2. The quantitative estimate of drug-likeness (QED) is 0.489. The fourth-order valence-electron chi connectivity index (χ4n) is 11.0. The van der Waals surface area contributed by atoms with Gasteiger partial charge in [-0.05, 0) is 131 Å². The van der Waals surface area contributed by atoms with Gasteiger partial charge in [-0.1, -0.05) is 27.7 Å². The van der Waals surface area contributed by atoms with E-state index in [-0.39, 0.29) is 5.54 Å². The molecule has 0 spiro atoms. The number of likely N-dealkylation sites (N-methyl/N-ethyl adjacent to an activating group) is 1. The molecule has 36 heavy (non-hydrogen) atoms. The second-order valence-electron chi connectivity index (χ2n) is 14.8. The maximum atomic E-state index is 13.0. The lowest BCUT2D eigenvalue weighted by atomic mass is 9.44. The third-order valence-electron chi connectivity index (χ3n) is 13.0. The molecule has 0 aromatic carbocycles. The Balaban J connectivity index is 1.22. The summed E-state index contributed by atoms with van der Waals surface area (Å²) in [5.74, 6) is 5.49. The van der Waals surface area contributed by atoms with E-state index in [1.165, 1.54) is 57.9 Å². The standard InChI is InChI=1S/C32H57N3O/c1-7-34-19-21-35(22-20-34)29(36)14-9-23(2)25-11-12-26-24-10-13-28-30(3,4)33-18-8-16-32(28,6)27(24)15-17-31(25,26)5/h23-28,33H,7-22H2,1-6H3/t23-,24+,25-,26+,27+,28-,31-,32-/m1/s1. The monoisotopic (exact) mass is 499 g/mol. The zero-order valence-corrected chi connectivity index (χ0v) is 24.6. The van der Waals surface area contributed by atoms with E-state index in [2.05, 4.69) is 56.7 Å². The Morgan fingerprint density at radius 3 is 2.36 bits per heavy atom. The van der Waals surface area contributed by atoms with Crippen LogP contribution in [0.2, 0.25) is 0 Å². The van der Waals surface area contributed by atoms with Crippen LogP contribution in [0.5, 0.6) is 0 Å². The summed E-state index contributed by atoms with van der Waals surface area (Å²) >= 11 is 0. The summed E-state index contributed by atoms with van der Waals surface area (Å²) in [6, 6.07) is 0. The first-order valence-electron chi connectivity index (χ1n) is 15.9. The highest BCUT2D eigenvalue weighted by Gasteiger charge is 2.61. The van der Waals surface area contributed by atoms with Gasteiger partial charge in [0.1, 0.15) is 0 Å². The number of fused-ring (bicyclic) bond motifs is 5. The number of hydrogen-bond acceptors (Lipinski definition) is 3. The fraction of sp³-hybridized carbons (Fsp3) is 0.969. The van der Waals surface area contributed by atoms with Gasteiger partial charge in [0.25, 0.3) is 0 Å². The van der Waals surface area contributed by atoms with Crippen molar-refractivity contribution in [3.05, 3.63) is 0 Å². The Morgan fingerprint density at radius 1 is 0.917 bits per heavy atom. The molecule has 0 aromatic heterocycles. The maximum Gasteiger partial charge on any atom is 0.222 e. The second kappa shape index (κ2) is 10.2. The molecule has 0 unspecified atom stereocenters. The van der Waals surface area contributed by atoms with Gasteiger partial charge >= 0.3 is 0 Å². The van der Waals surface area contributed by atoms with Gasteiger partial charge in [-0.3, -0.25) is 4.79 Å². The van der Waals surface area contributed by atoms with Gasteiger partial charge in [0.15, 0.2) is 0 Å². The van der Waals surface area contributed by atoms with E-state index >= 15 is 0 Å². The van der Waals surface area contributed by atoms with Crippen LogP contribution < -0.4 is 5.32 Å². The van der Waals surface area contributed by atoms with Crippen molar-refractivity contribution in [2.24, 2.45) is 46.3 Å². The molecule has 1 N–H and O–H groups in total. The van der Waals surface area contributed by atoms with Crippen LogP contribution in [-0.4, -0.2) is 60.5 Å².